The molecule has 0 bridgehead atoms. The Labute approximate surface area is 145 Å². The van der Waals surface area contributed by atoms with Gasteiger partial charge in [-0.2, -0.15) is 0 Å². The number of benzene rings is 2. The van der Waals surface area contributed by atoms with Crippen molar-refractivity contribution in [2.75, 3.05) is 4.90 Å². The standard InChI is InChI=1S/C20H19N3O2/c1-12(2)23-17-10-6-4-7-13(17)15(20(23)25)11-18-21-16-9-5-3-8-14(16)19(24)22-18/h3-10,12,15H,11H2,1-2H3,(H,21,22,24)/t15-/m0/s1. The minimum atomic E-state index is -0.317. The van der Waals surface area contributed by atoms with Gasteiger partial charge in [0.05, 0.1) is 16.8 Å². The fourth-order valence-electron chi connectivity index (χ4n) is 3.58. The van der Waals surface area contributed by atoms with Crippen molar-refractivity contribution in [1.82, 2.24) is 9.97 Å². The Morgan fingerprint density at radius 1 is 1.08 bits per heavy atom. The molecule has 0 fully saturated rings. The molecule has 0 unspecified atom stereocenters. The van der Waals surface area contributed by atoms with Gasteiger partial charge in [0, 0.05) is 18.2 Å². The fourth-order valence-corrected chi connectivity index (χ4v) is 3.58. The molecule has 1 aliphatic rings. The minimum Gasteiger partial charge on any atom is -0.310 e. The molecule has 1 amide bonds. The second kappa shape index (κ2) is 5.84. The third kappa shape index (κ3) is 2.52. The summed E-state index contributed by atoms with van der Waals surface area (Å²) < 4.78 is 0. The van der Waals surface area contributed by atoms with Gasteiger partial charge >= 0.3 is 0 Å². The van der Waals surface area contributed by atoms with Crippen LogP contribution in [0.4, 0.5) is 5.69 Å². The van der Waals surface area contributed by atoms with Crippen molar-refractivity contribution in [2.45, 2.75) is 32.2 Å². The highest BCUT2D eigenvalue weighted by atomic mass is 16.2. The number of H-pyrrole nitrogens is 1. The van der Waals surface area contributed by atoms with Gasteiger partial charge in [-0.1, -0.05) is 30.3 Å². The Morgan fingerprint density at radius 3 is 2.60 bits per heavy atom. The Hall–Kier alpha value is -2.95. The molecule has 2 aromatic carbocycles. The summed E-state index contributed by atoms with van der Waals surface area (Å²) >= 11 is 0. The summed E-state index contributed by atoms with van der Waals surface area (Å²) in [7, 11) is 0. The van der Waals surface area contributed by atoms with Gasteiger partial charge in [0.25, 0.3) is 5.56 Å². The van der Waals surface area contributed by atoms with E-state index in [0.29, 0.717) is 23.1 Å². The molecule has 1 atom stereocenters. The highest BCUT2D eigenvalue weighted by molar-refractivity contribution is 6.05. The third-order valence-electron chi connectivity index (χ3n) is 4.68. The van der Waals surface area contributed by atoms with E-state index in [1.807, 2.05) is 61.2 Å². The molecule has 0 aliphatic carbocycles. The molecular weight excluding hydrogens is 314 g/mol. The minimum absolute atomic E-state index is 0.0620. The van der Waals surface area contributed by atoms with Gasteiger partial charge in [-0.05, 0) is 37.6 Å². The summed E-state index contributed by atoms with van der Waals surface area (Å²) in [5.74, 6) is 0.289. The zero-order valence-electron chi connectivity index (χ0n) is 14.2. The van der Waals surface area contributed by atoms with Crippen LogP contribution in [-0.4, -0.2) is 21.9 Å². The van der Waals surface area contributed by atoms with Gasteiger partial charge in [0.2, 0.25) is 5.91 Å². The number of nitrogens with zero attached hydrogens (tertiary/aromatic N) is 2. The molecule has 1 N–H and O–H groups in total. The highest BCUT2D eigenvalue weighted by Gasteiger charge is 2.38. The lowest BCUT2D eigenvalue weighted by molar-refractivity contribution is -0.119. The summed E-state index contributed by atoms with van der Waals surface area (Å²) in [6.45, 7) is 4.01. The molecule has 5 nitrogen and oxygen atoms in total. The van der Waals surface area contributed by atoms with Gasteiger partial charge < -0.3 is 9.88 Å². The van der Waals surface area contributed by atoms with E-state index in [9.17, 15) is 9.59 Å². The normalized spacial score (nSPS) is 16.7. The smallest absolute Gasteiger partial charge is 0.258 e. The number of para-hydroxylation sites is 2. The average Bonchev–Trinajstić information content (AvgIpc) is 2.87. The zero-order chi connectivity index (χ0) is 17.6. The largest absolute Gasteiger partial charge is 0.310 e. The molecule has 0 saturated carbocycles. The number of fused-ring (bicyclic) bond motifs is 2. The number of rotatable bonds is 3. The maximum Gasteiger partial charge on any atom is 0.258 e. The van der Waals surface area contributed by atoms with Gasteiger partial charge in [-0.15, -0.1) is 0 Å². The number of hydrogen-bond donors (Lipinski definition) is 1. The van der Waals surface area contributed by atoms with Crippen molar-refractivity contribution in [1.29, 1.82) is 0 Å². The SMILES string of the molecule is CC(C)N1C(=O)[C@@H](Cc2nc3ccccc3c(=O)[nH]2)c2ccccc21. The van der Waals surface area contributed by atoms with Crippen molar-refractivity contribution in [3.05, 3.63) is 70.3 Å². The van der Waals surface area contributed by atoms with Crippen LogP contribution in [0, 0.1) is 0 Å². The van der Waals surface area contributed by atoms with Crippen LogP contribution in [0.25, 0.3) is 10.9 Å². The van der Waals surface area contributed by atoms with Crippen LogP contribution in [-0.2, 0) is 11.2 Å². The number of carbonyl (C=O) groups excluding carboxylic acids is 1. The lowest BCUT2D eigenvalue weighted by Gasteiger charge is -2.22. The van der Waals surface area contributed by atoms with E-state index in [1.54, 1.807) is 6.07 Å². The van der Waals surface area contributed by atoms with Crippen LogP contribution >= 0.6 is 0 Å². The van der Waals surface area contributed by atoms with Gasteiger partial charge in [0.15, 0.2) is 0 Å². The predicted molar refractivity (Wildman–Crippen MR) is 97.9 cm³/mol. The first-order chi connectivity index (χ1) is 12.1. The Bertz CT molecular complexity index is 1020. The number of carbonyl (C=O) groups is 1. The quantitative estimate of drug-likeness (QED) is 0.801. The van der Waals surface area contributed by atoms with Crippen LogP contribution in [0.3, 0.4) is 0 Å². The Kier molecular flexibility index (Phi) is 3.64. The van der Waals surface area contributed by atoms with E-state index in [-0.39, 0.29) is 23.4 Å². The Balaban J connectivity index is 1.76. The van der Waals surface area contributed by atoms with Crippen molar-refractivity contribution >= 4 is 22.5 Å². The molecule has 5 heteroatoms. The van der Waals surface area contributed by atoms with Crippen LogP contribution in [0.2, 0.25) is 0 Å². The highest BCUT2D eigenvalue weighted by Crippen LogP contribution is 2.39. The van der Waals surface area contributed by atoms with E-state index in [2.05, 4.69) is 9.97 Å². The fraction of sp³-hybridized carbons (Fsp3) is 0.250. The first-order valence-electron chi connectivity index (χ1n) is 8.46. The lowest BCUT2D eigenvalue weighted by Crippen LogP contribution is -2.35. The number of aromatic nitrogens is 2. The second-order valence-corrected chi connectivity index (χ2v) is 6.65. The number of hydrogen-bond acceptors (Lipinski definition) is 3. The molecule has 25 heavy (non-hydrogen) atoms. The molecule has 3 aromatic rings. The first kappa shape index (κ1) is 15.6. The third-order valence-corrected chi connectivity index (χ3v) is 4.68. The van der Waals surface area contributed by atoms with Gasteiger partial charge in [-0.25, -0.2) is 4.98 Å². The van der Waals surface area contributed by atoms with E-state index in [4.69, 9.17) is 0 Å². The summed E-state index contributed by atoms with van der Waals surface area (Å²) in [5.41, 5.74) is 2.44. The van der Waals surface area contributed by atoms with Crippen LogP contribution < -0.4 is 10.5 Å². The summed E-state index contributed by atoms with van der Waals surface area (Å²) in [6, 6.07) is 15.2. The first-order valence-corrected chi connectivity index (χ1v) is 8.46. The van der Waals surface area contributed by atoms with Crippen LogP contribution in [0.1, 0.15) is 31.2 Å². The van der Waals surface area contributed by atoms with E-state index >= 15 is 0 Å². The maximum absolute atomic E-state index is 13.0. The number of nitrogens with one attached hydrogen (secondary N) is 1. The Morgan fingerprint density at radius 2 is 1.80 bits per heavy atom. The van der Waals surface area contributed by atoms with Crippen molar-refractivity contribution in [2.24, 2.45) is 0 Å². The molecule has 0 saturated heterocycles. The molecule has 126 valence electrons. The molecule has 1 aromatic heterocycles. The summed E-state index contributed by atoms with van der Waals surface area (Å²) in [5, 5.41) is 0.563. The van der Waals surface area contributed by atoms with Crippen molar-refractivity contribution in [3.63, 3.8) is 0 Å². The molecular formula is C20H19N3O2. The molecule has 4 rings (SSSR count). The van der Waals surface area contributed by atoms with E-state index < -0.39 is 0 Å². The zero-order valence-corrected chi connectivity index (χ0v) is 14.2. The number of aromatic amines is 1. The van der Waals surface area contributed by atoms with E-state index in [0.717, 1.165) is 11.3 Å². The monoisotopic (exact) mass is 333 g/mol. The maximum atomic E-state index is 13.0. The lowest BCUT2D eigenvalue weighted by atomic mass is 9.97. The molecule has 2 heterocycles. The van der Waals surface area contributed by atoms with Crippen molar-refractivity contribution < 1.29 is 4.79 Å². The van der Waals surface area contributed by atoms with E-state index in [1.165, 1.54) is 0 Å². The van der Waals surface area contributed by atoms with Gasteiger partial charge in [-0.3, -0.25) is 9.59 Å². The van der Waals surface area contributed by atoms with Gasteiger partial charge in [0.1, 0.15) is 5.82 Å². The molecule has 1 aliphatic heterocycles. The molecule has 0 spiro atoms. The van der Waals surface area contributed by atoms with Crippen LogP contribution in [0.5, 0.6) is 0 Å². The topological polar surface area (TPSA) is 66.1 Å². The van der Waals surface area contributed by atoms with Crippen molar-refractivity contribution in [3.8, 4) is 0 Å². The second-order valence-electron chi connectivity index (χ2n) is 6.65. The number of anilines is 1. The number of amides is 1. The van der Waals surface area contributed by atoms with Crippen LogP contribution in [0.15, 0.2) is 53.3 Å². The summed E-state index contributed by atoms with van der Waals surface area (Å²) in [6.07, 6.45) is 0.388. The molecule has 0 radical (unpaired) electrons. The average molecular weight is 333 g/mol. The predicted octanol–water partition coefficient (Wildman–Crippen LogP) is 3.00. The summed E-state index contributed by atoms with van der Waals surface area (Å²) in [4.78, 5) is 34.5.